The molecule has 1 unspecified atom stereocenters. The van der Waals surface area contributed by atoms with Gasteiger partial charge in [0.2, 0.25) is 0 Å². The molecule has 0 spiro atoms. The summed E-state index contributed by atoms with van der Waals surface area (Å²) in [5.41, 5.74) is 10.7. The maximum absolute atomic E-state index is 6.27. The molecule has 1 aliphatic rings. The number of thiophene rings is 1. The first-order valence-corrected chi connectivity index (χ1v) is 8.44. The molecular weight excluding hydrogens is 320 g/mol. The van der Waals surface area contributed by atoms with Crippen molar-refractivity contribution in [2.45, 2.75) is 19.9 Å². The molecule has 0 bridgehead atoms. The van der Waals surface area contributed by atoms with E-state index in [0.717, 1.165) is 33.1 Å². The predicted molar refractivity (Wildman–Crippen MR) is 96.3 cm³/mol. The molecule has 3 N–H and O–H groups in total. The Morgan fingerprint density at radius 1 is 1.21 bits per heavy atom. The Morgan fingerprint density at radius 2 is 2.08 bits per heavy atom. The minimum absolute atomic E-state index is 0.329. The number of hydrogen-bond donors (Lipinski definition) is 2. The SMILES string of the molecule is Cc1ccnc2c1C(c1nc[nH]c1C)=NC(c1cccs1)C(N)=N2. The van der Waals surface area contributed by atoms with Gasteiger partial charge in [-0.2, -0.15) is 0 Å². The van der Waals surface area contributed by atoms with Crippen LogP contribution in [0.5, 0.6) is 0 Å². The van der Waals surface area contributed by atoms with E-state index in [1.54, 1.807) is 23.9 Å². The largest absolute Gasteiger partial charge is 0.385 e. The number of fused-ring (bicyclic) bond motifs is 1. The summed E-state index contributed by atoms with van der Waals surface area (Å²) >= 11 is 1.61. The lowest BCUT2D eigenvalue weighted by atomic mass is 10.0. The summed E-state index contributed by atoms with van der Waals surface area (Å²) in [7, 11) is 0. The number of pyridine rings is 1. The van der Waals surface area contributed by atoms with E-state index < -0.39 is 0 Å². The molecule has 0 fully saturated rings. The van der Waals surface area contributed by atoms with Gasteiger partial charge in [-0.25, -0.2) is 15.0 Å². The van der Waals surface area contributed by atoms with Crippen LogP contribution in [0.15, 0.2) is 46.1 Å². The summed E-state index contributed by atoms with van der Waals surface area (Å²) < 4.78 is 0. The van der Waals surface area contributed by atoms with Crippen molar-refractivity contribution in [3.05, 3.63) is 63.5 Å². The van der Waals surface area contributed by atoms with E-state index in [1.165, 1.54) is 0 Å². The topological polar surface area (TPSA) is 92.3 Å². The minimum Gasteiger partial charge on any atom is -0.385 e. The molecule has 0 saturated carbocycles. The lowest BCUT2D eigenvalue weighted by molar-refractivity contribution is 0.975. The van der Waals surface area contributed by atoms with E-state index >= 15 is 0 Å². The fourth-order valence-corrected chi connectivity index (χ4v) is 3.57. The summed E-state index contributed by atoms with van der Waals surface area (Å²) in [5, 5.41) is 2.01. The van der Waals surface area contributed by atoms with Crippen LogP contribution in [0.1, 0.15) is 33.4 Å². The number of nitrogens with zero attached hydrogens (tertiary/aromatic N) is 4. The number of aromatic amines is 1. The van der Waals surface area contributed by atoms with E-state index in [1.807, 2.05) is 37.4 Å². The van der Waals surface area contributed by atoms with Crippen LogP contribution in [0, 0.1) is 13.8 Å². The maximum atomic E-state index is 6.27. The third-order valence-electron chi connectivity index (χ3n) is 4.02. The summed E-state index contributed by atoms with van der Waals surface area (Å²) in [6, 6.07) is 5.63. The molecule has 3 aromatic rings. The molecule has 0 radical (unpaired) electrons. The molecule has 1 atom stereocenters. The summed E-state index contributed by atoms with van der Waals surface area (Å²) in [5.74, 6) is 1.03. The molecule has 4 heterocycles. The minimum atomic E-state index is -0.329. The second kappa shape index (κ2) is 5.68. The second-order valence-corrected chi connectivity index (χ2v) is 6.61. The first kappa shape index (κ1) is 14.8. The van der Waals surface area contributed by atoms with Gasteiger partial charge in [-0.15, -0.1) is 11.3 Å². The molecular formula is C17H16N6S. The van der Waals surface area contributed by atoms with Gasteiger partial charge in [0.25, 0.3) is 0 Å². The van der Waals surface area contributed by atoms with Crippen molar-refractivity contribution < 1.29 is 0 Å². The first-order valence-electron chi connectivity index (χ1n) is 7.56. The number of imidazole rings is 1. The zero-order valence-electron chi connectivity index (χ0n) is 13.3. The Morgan fingerprint density at radius 3 is 2.79 bits per heavy atom. The maximum Gasteiger partial charge on any atom is 0.163 e. The highest BCUT2D eigenvalue weighted by molar-refractivity contribution is 7.10. The average molecular weight is 336 g/mol. The van der Waals surface area contributed by atoms with Crippen molar-refractivity contribution in [1.82, 2.24) is 15.0 Å². The molecule has 3 aromatic heterocycles. The normalized spacial score (nSPS) is 17.0. The molecule has 6 nitrogen and oxygen atoms in total. The number of amidine groups is 1. The number of H-pyrrole nitrogens is 1. The number of nitrogens with one attached hydrogen (secondary N) is 1. The highest BCUT2D eigenvalue weighted by Gasteiger charge is 2.27. The van der Waals surface area contributed by atoms with E-state index in [2.05, 4.69) is 19.9 Å². The smallest absolute Gasteiger partial charge is 0.163 e. The Labute approximate surface area is 143 Å². The van der Waals surface area contributed by atoms with E-state index in [0.29, 0.717) is 11.7 Å². The third-order valence-corrected chi connectivity index (χ3v) is 4.94. The van der Waals surface area contributed by atoms with Crippen molar-refractivity contribution >= 4 is 28.7 Å². The Hall–Kier alpha value is -2.80. The molecule has 1 aliphatic heterocycles. The Kier molecular flexibility index (Phi) is 3.50. The zero-order valence-corrected chi connectivity index (χ0v) is 14.1. The molecule has 0 saturated heterocycles. The van der Waals surface area contributed by atoms with Crippen LogP contribution < -0.4 is 5.73 Å². The number of hydrogen-bond acceptors (Lipinski definition) is 6. The van der Waals surface area contributed by atoms with Crippen LogP contribution in [0.25, 0.3) is 0 Å². The number of aryl methyl sites for hydroxylation is 2. The number of aromatic nitrogens is 3. The molecule has 4 rings (SSSR count). The highest BCUT2D eigenvalue weighted by atomic mass is 32.1. The third kappa shape index (κ3) is 2.33. The highest BCUT2D eigenvalue weighted by Crippen LogP contribution is 2.32. The van der Waals surface area contributed by atoms with Crippen molar-refractivity contribution in [1.29, 1.82) is 0 Å². The molecule has 0 aliphatic carbocycles. The van der Waals surface area contributed by atoms with Gasteiger partial charge in [0, 0.05) is 22.3 Å². The predicted octanol–water partition coefficient (Wildman–Crippen LogP) is 3.06. The van der Waals surface area contributed by atoms with Gasteiger partial charge in [0.05, 0.1) is 12.0 Å². The van der Waals surface area contributed by atoms with Crippen LogP contribution in [0.3, 0.4) is 0 Å². The lowest BCUT2D eigenvalue weighted by Gasteiger charge is -2.11. The number of aliphatic imine (C=N–C) groups is 2. The molecule has 24 heavy (non-hydrogen) atoms. The molecule has 0 aromatic carbocycles. The van der Waals surface area contributed by atoms with Crippen LogP contribution in [-0.4, -0.2) is 26.5 Å². The lowest BCUT2D eigenvalue weighted by Crippen LogP contribution is -2.20. The van der Waals surface area contributed by atoms with Gasteiger partial charge in [-0.3, -0.25) is 4.99 Å². The van der Waals surface area contributed by atoms with Crippen LogP contribution in [0.4, 0.5) is 5.82 Å². The molecule has 0 amide bonds. The quantitative estimate of drug-likeness (QED) is 0.753. The number of nitrogens with two attached hydrogens (primary N) is 1. The average Bonchev–Trinajstić information content (AvgIpc) is 3.19. The van der Waals surface area contributed by atoms with Crippen molar-refractivity contribution in [2.75, 3.05) is 0 Å². The van der Waals surface area contributed by atoms with Crippen LogP contribution in [0.2, 0.25) is 0 Å². The fraction of sp³-hybridized carbons (Fsp3) is 0.176. The van der Waals surface area contributed by atoms with Crippen molar-refractivity contribution in [3.63, 3.8) is 0 Å². The fourth-order valence-electron chi connectivity index (χ4n) is 2.80. The monoisotopic (exact) mass is 336 g/mol. The van der Waals surface area contributed by atoms with Gasteiger partial charge in [0.1, 0.15) is 17.6 Å². The van der Waals surface area contributed by atoms with Crippen molar-refractivity contribution in [2.24, 2.45) is 15.7 Å². The van der Waals surface area contributed by atoms with Crippen molar-refractivity contribution in [3.8, 4) is 0 Å². The van der Waals surface area contributed by atoms with Gasteiger partial charge < -0.3 is 10.7 Å². The standard InChI is InChI=1S/C17H16N6S/c1-9-5-6-19-17-12(9)15(13-10(2)20-8-21-13)22-14(16(18)23-17)11-4-3-7-24-11/h3-8,14H,1-2H3,(H,20,21)(H2,18,19,23). The Bertz CT molecular complexity index is 951. The summed E-state index contributed by atoms with van der Waals surface area (Å²) in [6.45, 7) is 4.00. The second-order valence-electron chi connectivity index (χ2n) is 5.63. The first-order chi connectivity index (χ1) is 11.6. The van der Waals surface area contributed by atoms with E-state index in [9.17, 15) is 0 Å². The molecule has 7 heteroatoms. The van der Waals surface area contributed by atoms with E-state index in [4.69, 9.17) is 10.7 Å². The zero-order chi connectivity index (χ0) is 16.7. The summed E-state index contributed by atoms with van der Waals surface area (Å²) in [6.07, 6.45) is 3.42. The van der Waals surface area contributed by atoms with Crippen LogP contribution >= 0.6 is 11.3 Å². The summed E-state index contributed by atoms with van der Waals surface area (Å²) in [4.78, 5) is 22.6. The Balaban J connectivity index is 2.01. The van der Waals surface area contributed by atoms with Crippen LogP contribution in [-0.2, 0) is 0 Å². The van der Waals surface area contributed by atoms with Gasteiger partial charge in [-0.05, 0) is 36.9 Å². The van der Waals surface area contributed by atoms with Gasteiger partial charge >= 0.3 is 0 Å². The van der Waals surface area contributed by atoms with Gasteiger partial charge in [-0.1, -0.05) is 6.07 Å². The molecule has 120 valence electrons. The van der Waals surface area contributed by atoms with E-state index in [-0.39, 0.29) is 6.04 Å². The van der Waals surface area contributed by atoms with Gasteiger partial charge in [0.15, 0.2) is 5.82 Å². The number of rotatable bonds is 2.